The number of aliphatic imine (C=N–C) groups is 1. The maximum absolute atomic E-state index is 12.2. The Hall–Kier alpha value is -2.72. The third-order valence-corrected chi connectivity index (χ3v) is 5.23. The largest absolute Gasteiger partial charge is 0.402 e. The van der Waals surface area contributed by atoms with Crippen LogP contribution in [0.5, 0.6) is 0 Å². The van der Waals surface area contributed by atoms with Crippen LogP contribution < -0.4 is 0 Å². The van der Waals surface area contributed by atoms with Crippen molar-refractivity contribution in [3.8, 4) is 0 Å². The molecule has 0 aliphatic carbocycles. The molecule has 2 heterocycles. The summed E-state index contributed by atoms with van der Waals surface area (Å²) in [5.41, 5.74) is 3.39. The molecule has 0 radical (unpaired) electrons. The highest BCUT2D eigenvalue weighted by molar-refractivity contribution is 7.17. The number of hydrogen-bond acceptors (Lipinski definition) is 4. The van der Waals surface area contributed by atoms with Crippen molar-refractivity contribution in [1.29, 1.82) is 0 Å². The van der Waals surface area contributed by atoms with E-state index in [0.29, 0.717) is 17.5 Å². The van der Waals surface area contributed by atoms with Crippen LogP contribution in [0.1, 0.15) is 36.5 Å². The maximum atomic E-state index is 12.2. The van der Waals surface area contributed by atoms with Crippen molar-refractivity contribution >= 4 is 39.4 Å². The maximum Gasteiger partial charge on any atom is 0.363 e. The summed E-state index contributed by atoms with van der Waals surface area (Å²) >= 11 is 1.65. The number of ether oxygens (including phenoxy) is 1. The van der Waals surface area contributed by atoms with Gasteiger partial charge < -0.3 is 4.74 Å². The summed E-state index contributed by atoms with van der Waals surface area (Å²) in [6, 6.07) is 16.1. The second-order valence-electron chi connectivity index (χ2n) is 6.30. The smallest absolute Gasteiger partial charge is 0.363 e. The summed E-state index contributed by atoms with van der Waals surface area (Å²) in [6.45, 7) is 4.29. The Morgan fingerprint density at radius 2 is 1.84 bits per heavy atom. The minimum Gasteiger partial charge on any atom is -0.402 e. The zero-order chi connectivity index (χ0) is 17.4. The average Bonchev–Trinajstić information content (AvgIpc) is 3.20. The number of cyclic esters (lactones) is 1. The molecule has 124 valence electrons. The van der Waals surface area contributed by atoms with Crippen molar-refractivity contribution in [2.75, 3.05) is 0 Å². The summed E-state index contributed by atoms with van der Waals surface area (Å²) in [4.78, 5) is 16.6. The minimum atomic E-state index is -0.404. The molecule has 1 aromatic heterocycles. The Morgan fingerprint density at radius 3 is 2.60 bits per heavy atom. The molecule has 0 saturated carbocycles. The van der Waals surface area contributed by atoms with Gasteiger partial charge >= 0.3 is 5.97 Å². The molecule has 1 aliphatic rings. The van der Waals surface area contributed by atoms with Crippen LogP contribution >= 0.6 is 11.3 Å². The number of hydrogen-bond donors (Lipinski definition) is 0. The number of fused-ring (bicyclic) bond motifs is 1. The first-order chi connectivity index (χ1) is 12.1. The van der Waals surface area contributed by atoms with Gasteiger partial charge in [-0.15, -0.1) is 11.3 Å². The lowest BCUT2D eigenvalue weighted by atomic mass is 10.0. The second kappa shape index (κ2) is 6.30. The van der Waals surface area contributed by atoms with Crippen molar-refractivity contribution < 1.29 is 9.53 Å². The molecule has 0 spiro atoms. The first-order valence-electron chi connectivity index (χ1n) is 8.21. The number of carbonyl (C=O) groups is 1. The number of rotatable bonds is 3. The molecule has 2 aromatic carbocycles. The van der Waals surface area contributed by atoms with E-state index in [-0.39, 0.29) is 0 Å². The molecule has 25 heavy (non-hydrogen) atoms. The standard InChI is InChI=1S/C21H17NO2S/c1-13(2)14-7-9-15(10-8-14)20-22-18(21(23)24-20)11-16-12-25-19-6-4-3-5-17(16)19/h3-13H,1-2H3. The van der Waals surface area contributed by atoms with Crippen LogP contribution in [-0.4, -0.2) is 11.9 Å². The molecule has 0 fully saturated rings. The summed E-state index contributed by atoms with van der Waals surface area (Å²) in [5, 5.41) is 3.16. The predicted octanol–water partition coefficient (Wildman–Crippen LogP) is 5.37. The van der Waals surface area contributed by atoms with Gasteiger partial charge in [-0.1, -0.05) is 44.2 Å². The Bertz CT molecular complexity index is 1010. The third-order valence-electron chi connectivity index (χ3n) is 4.25. The van der Waals surface area contributed by atoms with Crippen molar-refractivity contribution in [3.63, 3.8) is 0 Å². The summed E-state index contributed by atoms with van der Waals surface area (Å²) in [6.07, 6.45) is 1.80. The topological polar surface area (TPSA) is 38.7 Å². The Labute approximate surface area is 150 Å². The average molecular weight is 347 g/mol. The molecule has 3 nitrogen and oxygen atoms in total. The van der Waals surface area contributed by atoms with Gasteiger partial charge in [-0.2, -0.15) is 0 Å². The molecule has 0 amide bonds. The van der Waals surface area contributed by atoms with Gasteiger partial charge in [0, 0.05) is 10.3 Å². The first kappa shape index (κ1) is 15.8. The quantitative estimate of drug-likeness (QED) is 0.472. The first-order valence-corrected chi connectivity index (χ1v) is 9.09. The lowest BCUT2D eigenvalue weighted by Crippen LogP contribution is -2.05. The minimum absolute atomic E-state index is 0.339. The lowest BCUT2D eigenvalue weighted by molar-refractivity contribution is -0.129. The van der Waals surface area contributed by atoms with Crippen LogP contribution in [0, 0.1) is 0 Å². The van der Waals surface area contributed by atoms with Crippen LogP contribution in [0.3, 0.4) is 0 Å². The molecular weight excluding hydrogens is 330 g/mol. The molecule has 4 heteroatoms. The van der Waals surface area contributed by atoms with Crippen molar-refractivity contribution in [2.45, 2.75) is 19.8 Å². The van der Waals surface area contributed by atoms with Crippen LogP contribution in [0.15, 0.2) is 64.6 Å². The molecule has 0 atom stereocenters. The van der Waals surface area contributed by atoms with Crippen molar-refractivity contribution in [1.82, 2.24) is 0 Å². The second-order valence-corrected chi connectivity index (χ2v) is 7.21. The number of esters is 1. The highest BCUT2D eigenvalue weighted by atomic mass is 32.1. The van der Waals surface area contributed by atoms with Gasteiger partial charge in [0.15, 0.2) is 5.70 Å². The van der Waals surface area contributed by atoms with Crippen molar-refractivity contribution in [2.24, 2.45) is 4.99 Å². The van der Waals surface area contributed by atoms with Gasteiger partial charge in [0.25, 0.3) is 0 Å². The van der Waals surface area contributed by atoms with E-state index >= 15 is 0 Å². The molecule has 0 N–H and O–H groups in total. The molecule has 0 saturated heterocycles. The Morgan fingerprint density at radius 1 is 1.08 bits per heavy atom. The van der Waals surface area contributed by atoms with E-state index in [9.17, 15) is 4.79 Å². The SMILES string of the molecule is CC(C)c1ccc(C2=NC(=Cc3csc4ccccc34)C(=O)O2)cc1. The van der Waals surface area contributed by atoms with Crippen LogP contribution in [0.2, 0.25) is 0 Å². The lowest BCUT2D eigenvalue weighted by Gasteiger charge is -2.05. The summed E-state index contributed by atoms with van der Waals surface area (Å²) in [7, 11) is 0. The fraction of sp³-hybridized carbons (Fsp3) is 0.143. The monoisotopic (exact) mass is 347 g/mol. The number of thiophene rings is 1. The van der Waals surface area contributed by atoms with Crippen LogP contribution in [0.25, 0.3) is 16.2 Å². The van der Waals surface area contributed by atoms with E-state index in [0.717, 1.165) is 16.5 Å². The van der Waals surface area contributed by atoms with Gasteiger partial charge in [0.2, 0.25) is 5.90 Å². The molecule has 3 aromatic rings. The molecule has 1 aliphatic heterocycles. The normalized spacial score (nSPS) is 15.9. The van der Waals surface area contributed by atoms with E-state index in [2.05, 4.69) is 24.9 Å². The van der Waals surface area contributed by atoms with E-state index in [1.165, 1.54) is 10.3 Å². The molecular formula is C21H17NO2S. The molecule has 4 rings (SSSR count). The number of nitrogens with zero attached hydrogens (tertiary/aromatic N) is 1. The van der Waals surface area contributed by atoms with E-state index in [4.69, 9.17) is 4.74 Å². The molecule has 0 bridgehead atoms. The zero-order valence-corrected chi connectivity index (χ0v) is 14.8. The zero-order valence-electron chi connectivity index (χ0n) is 14.0. The highest BCUT2D eigenvalue weighted by Gasteiger charge is 2.24. The fourth-order valence-electron chi connectivity index (χ4n) is 2.80. The predicted molar refractivity (Wildman–Crippen MR) is 103 cm³/mol. The van der Waals surface area contributed by atoms with E-state index in [1.807, 2.05) is 47.8 Å². The summed E-state index contributed by atoms with van der Waals surface area (Å²) < 4.78 is 6.56. The highest BCUT2D eigenvalue weighted by Crippen LogP contribution is 2.29. The van der Waals surface area contributed by atoms with Crippen molar-refractivity contribution in [3.05, 3.63) is 76.3 Å². The van der Waals surface area contributed by atoms with Gasteiger partial charge in [0.05, 0.1) is 0 Å². The Balaban J connectivity index is 1.68. The van der Waals surface area contributed by atoms with Gasteiger partial charge in [-0.3, -0.25) is 0 Å². The van der Waals surface area contributed by atoms with Gasteiger partial charge in [-0.05, 0) is 52.1 Å². The molecule has 0 unspecified atom stereocenters. The van der Waals surface area contributed by atoms with E-state index in [1.54, 1.807) is 17.4 Å². The third kappa shape index (κ3) is 3.01. The Kier molecular flexibility index (Phi) is 3.98. The van der Waals surface area contributed by atoms with Gasteiger partial charge in [-0.25, -0.2) is 9.79 Å². The fourth-order valence-corrected chi connectivity index (χ4v) is 3.72. The number of benzene rings is 2. The van der Waals surface area contributed by atoms with Gasteiger partial charge in [0.1, 0.15) is 0 Å². The van der Waals surface area contributed by atoms with Crippen LogP contribution in [-0.2, 0) is 9.53 Å². The van der Waals surface area contributed by atoms with E-state index < -0.39 is 5.97 Å². The summed E-state index contributed by atoms with van der Waals surface area (Å²) in [5.74, 6) is 0.425. The number of carbonyl (C=O) groups excluding carboxylic acids is 1. The van der Waals surface area contributed by atoms with Crippen LogP contribution in [0.4, 0.5) is 0 Å².